The van der Waals surface area contributed by atoms with Gasteiger partial charge >= 0.3 is 8.25 Å². The van der Waals surface area contributed by atoms with E-state index in [4.69, 9.17) is 19.5 Å². The Morgan fingerprint density at radius 2 is 2.03 bits per heavy atom. The Morgan fingerprint density at radius 1 is 1.28 bits per heavy atom. The number of nitrogens with two attached hydrogens (primary N) is 1. The molecule has 0 radical (unpaired) electrons. The van der Waals surface area contributed by atoms with Gasteiger partial charge in [-0.15, -0.1) is 4.52 Å². The van der Waals surface area contributed by atoms with Gasteiger partial charge in [-0.05, 0) is 31.2 Å². The quantitative estimate of drug-likeness (QED) is 0.506. The van der Waals surface area contributed by atoms with E-state index in [0.29, 0.717) is 17.0 Å². The zero-order valence-corrected chi connectivity index (χ0v) is 16.3. The molecule has 3 aromatic rings. The minimum absolute atomic E-state index is 0.240. The summed E-state index contributed by atoms with van der Waals surface area (Å²) in [5.74, 6) is 0.668. The standard InChI is InChI=1S/C18H20N4O6P/c1-18(14-8-7-12-17(19)20-10-21-22(12)14)16(24)15(23)13(27-18)9-26-29(25)28-11-5-3-2-4-6-11/h2-8,10,13,15-16,23-24H,9H2,1H3,(H2,19,20,21)/q+1/t13?,15-,16-,18+/m1/s1. The molecular weight excluding hydrogens is 399 g/mol. The molecule has 2 unspecified atom stereocenters. The van der Waals surface area contributed by atoms with Crippen LogP contribution in [0.4, 0.5) is 5.82 Å². The molecule has 0 spiro atoms. The molecule has 1 aliphatic rings. The highest BCUT2D eigenvalue weighted by Gasteiger charge is 2.54. The number of aromatic nitrogens is 3. The molecule has 3 heterocycles. The average molecular weight is 419 g/mol. The zero-order chi connectivity index (χ0) is 20.6. The molecule has 1 aromatic carbocycles. The van der Waals surface area contributed by atoms with Gasteiger partial charge in [0.2, 0.25) is 0 Å². The molecule has 10 nitrogen and oxygen atoms in total. The number of hydrogen-bond donors (Lipinski definition) is 3. The molecule has 0 amide bonds. The van der Waals surface area contributed by atoms with E-state index in [9.17, 15) is 14.8 Å². The van der Waals surface area contributed by atoms with E-state index in [2.05, 4.69) is 10.1 Å². The highest BCUT2D eigenvalue weighted by Crippen LogP contribution is 2.41. The lowest BCUT2D eigenvalue weighted by Crippen LogP contribution is -2.39. The topological polar surface area (TPSA) is 141 Å². The van der Waals surface area contributed by atoms with Crippen molar-refractivity contribution in [2.24, 2.45) is 0 Å². The third kappa shape index (κ3) is 3.57. The second-order valence-corrected chi connectivity index (χ2v) is 7.67. The van der Waals surface area contributed by atoms with E-state index in [1.54, 1.807) is 49.4 Å². The lowest BCUT2D eigenvalue weighted by molar-refractivity contribution is -0.0867. The van der Waals surface area contributed by atoms with Gasteiger partial charge in [0.05, 0.1) is 5.69 Å². The third-order valence-electron chi connectivity index (χ3n) is 4.92. The summed E-state index contributed by atoms with van der Waals surface area (Å²) in [7, 11) is -2.48. The number of rotatable bonds is 6. The molecule has 2 aromatic heterocycles. The van der Waals surface area contributed by atoms with Crippen molar-refractivity contribution >= 4 is 19.6 Å². The first-order chi connectivity index (χ1) is 13.9. The van der Waals surface area contributed by atoms with Crippen LogP contribution in [-0.2, 0) is 19.4 Å². The van der Waals surface area contributed by atoms with E-state index in [-0.39, 0.29) is 12.4 Å². The van der Waals surface area contributed by atoms with Crippen molar-refractivity contribution in [3.63, 3.8) is 0 Å². The normalized spacial score (nSPS) is 27.3. The van der Waals surface area contributed by atoms with E-state index >= 15 is 0 Å². The minimum atomic E-state index is -2.48. The van der Waals surface area contributed by atoms with E-state index < -0.39 is 32.2 Å². The first kappa shape index (κ1) is 19.7. The summed E-state index contributed by atoms with van der Waals surface area (Å²) in [4.78, 5) is 3.93. The number of ether oxygens (including phenoxy) is 1. The maximum Gasteiger partial charge on any atom is 0.750 e. The minimum Gasteiger partial charge on any atom is -0.387 e. The summed E-state index contributed by atoms with van der Waals surface area (Å²) >= 11 is 0. The Morgan fingerprint density at radius 3 is 2.79 bits per heavy atom. The van der Waals surface area contributed by atoms with Crippen LogP contribution in [0, 0.1) is 0 Å². The Hall–Kier alpha value is -2.62. The van der Waals surface area contributed by atoms with Crippen LogP contribution in [0.1, 0.15) is 12.6 Å². The monoisotopic (exact) mass is 419 g/mol. The number of nitrogens with zero attached hydrogens (tertiary/aromatic N) is 3. The first-order valence-electron chi connectivity index (χ1n) is 8.86. The molecule has 1 aliphatic heterocycles. The molecule has 1 fully saturated rings. The summed E-state index contributed by atoms with van der Waals surface area (Å²) in [5.41, 5.74) is 5.59. The smallest absolute Gasteiger partial charge is 0.387 e. The fourth-order valence-corrected chi connectivity index (χ4v) is 4.00. The fraction of sp³-hybridized carbons (Fsp3) is 0.333. The third-order valence-corrected chi connectivity index (χ3v) is 5.64. The maximum atomic E-state index is 12.0. The number of fused-ring (bicyclic) bond motifs is 1. The van der Waals surface area contributed by atoms with Crippen LogP contribution in [0.3, 0.4) is 0 Å². The van der Waals surface area contributed by atoms with E-state index in [1.165, 1.54) is 10.8 Å². The van der Waals surface area contributed by atoms with Gasteiger partial charge in [-0.3, -0.25) is 0 Å². The van der Waals surface area contributed by atoms with Gasteiger partial charge < -0.3 is 20.7 Å². The lowest BCUT2D eigenvalue weighted by Gasteiger charge is -2.27. The summed E-state index contributed by atoms with van der Waals surface area (Å²) < 4.78 is 29.9. The van der Waals surface area contributed by atoms with Gasteiger partial charge in [-0.25, -0.2) is 14.0 Å². The van der Waals surface area contributed by atoms with Crippen molar-refractivity contribution in [3.8, 4) is 5.75 Å². The molecular formula is C18H20N4O6P+. The summed E-state index contributed by atoms with van der Waals surface area (Å²) in [6.45, 7) is 1.39. The van der Waals surface area contributed by atoms with Crippen molar-refractivity contribution < 1.29 is 28.6 Å². The second kappa shape index (κ2) is 7.66. The van der Waals surface area contributed by atoms with Crippen LogP contribution in [0.25, 0.3) is 5.52 Å². The highest BCUT2D eigenvalue weighted by atomic mass is 31.1. The van der Waals surface area contributed by atoms with Crippen molar-refractivity contribution in [1.29, 1.82) is 0 Å². The van der Waals surface area contributed by atoms with Gasteiger partial charge in [0.25, 0.3) is 0 Å². The van der Waals surface area contributed by atoms with Crippen molar-refractivity contribution in [3.05, 3.63) is 54.5 Å². The second-order valence-electron chi connectivity index (χ2n) is 6.78. The Labute approximate surface area is 166 Å². The summed E-state index contributed by atoms with van der Waals surface area (Å²) in [6.07, 6.45) is -2.19. The zero-order valence-electron chi connectivity index (χ0n) is 15.5. The van der Waals surface area contributed by atoms with Crippen LogP contribution >= 0.6 is 8.25 Å². The van der Waals surface area contributed by atoms with Gasteiger partial charge in [0, 0.05) is 4.57 Å². The summed E-state index contributed by atoms with van der Waals surface area (Å²) in [6, 6.07) is 12.0. The average Bonchev–Trinajstić information content (AvgIpc) is 3.24. The maximum absolute atomic E-state index is 12.0. The largest absolute Gasteiger partial charge is 0.750 e. The number of para-hydroxylation sites is 1. The molecule has 1 saturated heterocycles. The Kier molecular flexibility index (Phi) is 5.20. The lowest BCUT2D eigenvalue weighted by atomic mass is 9.93. The van der Waals surface area contributed by atoms with Crippen LogP contribution in [0.15, 0.2) is 48.8 Å². The molecule has 0 aliphatic carbocycles. The number of anilines is 1. The van der Waals surface area contributed by atoms with Crippen molar-refractivity contribution in [1.82, 2.24) is 14.6 Å². The number of nitrogen functional groups attached to an aromatic ring is 1. The van der Waals surface area contributed by atoms with E-state index in [0.717, 1.165) is 0 Å². The Balaban J connectivity index is 1.48. The van der Waals surface area contributed by atoms with Gasteiger partial charge in [-0.1, -0.05) is 18.2 Å². The highest BCUT2D eigenvalue weighted by molar-refractivity contribution is 7.33. The molecule has 0 bridgehead atoms. The predicted molar refractivity (Wildman–Crippen MR) is 102 cm³/mol. The summed E-state index contributed by atoms with van der Waals surface area (Å²) in [5, 5.41) is 25.3. The predicted octanol–water partition coefficient (Wildman–Crippen LogP) is 1.40. The molecule has 11 heteroatoms. The number of aliphatic hydroxyl groups excluding tert-OH is 2. The molecule has 4 N–H and O–H groups in total. The molecule has 29 heavy (non-hydrogen) atoms. The molecule has 5 atom stereocenters. The Bertz CT molecular complexity index is 1030. The van der Waals surface area contributed by atoms with Crippen LogP contribution in [-0.4, -0.2) is 49.7 Å². The molecule has 4 rings (SSSR count). The van der Waals surface area contributed by atoms with Crippen LogP contribution in [0.5, 0.6) is 5.75 Å². The van der Waals surface area contributed by atoms with Gasteiger partial charge in [-0.2, -0.15) is 5.10 Å². The van der Waals surface area contributed by atoms with Crippen LogP contribution < -0.4 is 10.3 Å². The van der Waals surface area contributed by atoms with Crippen molar-refractivity contribution in [2.75, 3.05) is 12.3 Å². The number of hydrogen-bond acceptors (Lipinski definition) is 9. The fourth-order valence-electron chi connectivity index (χ4n) is 3.38. The molecule has 0 saturated carbocycles. The SMILES string of the molecule is C[C@@]1(c2ccc3c(N)ncnn23)OC(CO[P+](=O)Oc2ccccc2)[C@@H](O)[C@H]1O. The van der Waals surface area contributed by atoms with Gasteiger partial charge in [0.15, 0.2) is 11.6 Å². The van der Waals surface area contributed by atoms with Gasteiger partial charge in [0.1, 0.15) is 42.4 Å². The number of aliphatic hydroxyl groups is 2. The molecule has 152 valence electrons. The number of benzene rings is 1. The van der Waals surface area contributed by atoms with E-state index in [1.807, 2.05) is 0 Å². The first-order valence-corrected chi connectivity index (χ1v) is 9.95. The van der Waals surface area contributed by atoms with Crippen LogP contribution in [0.2, 0.25) is 0 Å². The van der Waals surface area contributed by atoms with Crippen molar-refractivity contribution in [2.45, 2.75) is 30.8 Å².